The fourth-order valence-corrected chi connectivity index (χ4v) is 3.34. The summed E-state index contributed by atoms with van der Waals surface area (Å²) in [7, 11) is 1.82. The summed E-state index contributed by atoms with van der Waals surface area (Å²) in [5.41, 5.74) is 2.59. The third-order valence-electron chi connectivity index (χ3n) is 5.08. The number of aryl methyl sites for hydroxylation is 1. The molecule has 158 valence electrons. The molecule has 0 unspecified atom stereocenters. The van der Waals surface area contributed by atoms with Gasteiger partial charge in [0.05, 0.1) is 0 Å². The van der Waals surface area contributed by atoms with Crippen molar-refractivity contribution in [1.29, 1.82) is 0 Å². The molecule has 0 aliphatic carbocycles. The van der Waals surface area contributed by atoms with E-state index < -0.39 is 0 Å². The maximum Gasteiger partial charge on any atom is 0.225 e. The number of benzene rings is 1. The molecule has 29 heavy (non-hydrogen) atoms. The zero-order chi connectivity index (χ0) is 19.6. The van der Waals surface area contributed by atoms with E-state index in [0.717, 1.165) is 64.1 Å². The average molecular weight is 509 g/mol. The zero-order valence-corrected chi connectivity index (χ0v) is 19.7. The number of guanidine groups is 1. The summed E-state index contributed by atoms with van der Waals surface area (Å²) in [4.78, 5) is 17.8. The molecule has 1 saturated heterocycles. The molecule has 2 heterocycles. The van der Waals surface area contributed by atoms with Crippen molar-refractivity contribution in [3.05, 3.63) is 53.9 Å². The summed E-state index contributed by atoms with van der Waals surface area (Å²) < 4.78 is 0. The third-order valence-corrected chi connectivity index (χ3v) is 5.08. The number of aliphatic imine (C=N–C) groups is 1. The molecule has 0 bridgehead atoms. The van der Waals surface area contributed by atoms with Crippen molar-refractivity contribution in [3.8, 4) is 0 Å². The van der Waals surface area contributed by atoms with E-state index in [2.05, 4.69) is 66.6 Å². The van der Waals surface area contributed by atoms with Crippen molar-refractivity contribution in [1.82, 2.24) is 25.5 Å². The van der Waals surface area contributed by atoms with Crippen LogP contribution in [0.2, 0.25) is 0 Å². The normalized spacial score (nSPS) is 15.0. The van der Waals surface area contributed by atoms with E-state index in [0.29, 0.717) is 0 Å². The van der Waals surface area contributed by atoms with Gasteiger partial charge in [0.15, 0.2) is 5.96 Å². The SMILES string of the molecule is CN=C(NCCCN1CCN(c2ncccn2)CC1)NCc1ccccc1C.I. The van der Waals surface area contributed by atoms with Crippen molar-refractivity contribution >= 4 is 35.9 Å². The predicted molar refractivity (Wildman–Crippen MR) is 130 cm³/mol. The van der Waals surface area contributed by atoms with Crippen molar-refractivity contribution in [3.63, 3.8) is 0 Å². The first-order valence-electron chi connectivity index (χ1n) is 9.99. The van der Waals surface area contributed by atoms with Gasteiger partial charge in [-0.15, -0.1) is 24.0 Å². The summed E-state index contributed by atoms with van der Waals surface area (Å²) in [5.74, 6) is 1.70. The van der Waals surface area contributed by atoms with Crippen LogP contribution in [0, 0.1) is 6.92 Å². The molecule has 1 aromatic carbocycles. The lowest BCUT2D eigenvalue weighted by Gasteiger charge is -2.34. The van der Waals surface area contributed by atoms with Crippen LogP contribution in [-0.2, 0) is 6.54 Å². The molecule has 1 fully saturated rings. The van der Waals surface area contributed by atoms with Gasteiger partial charge in [-0.3, -0.25) is 9.89 Å². The molecule has 1 aromatic heterocycles. The Balaban J connectivity index is 0.00000300. The molecule has 3 rings (SSSR count). The number of aromatic nitrogens is 2. The van der Waals surface area contributed by atoms with Gasteiger partial charge < -0.3 is 15.5 Å². The highest BCUT2D eigenvalue weighted by Gasteiger charge is 2.18. The maximum atomic E-state index is 4.34. The van der Waals surface area contributed by atoms with Crippen LogP contribution in [-0.4, -0.2) is 67.1 Å². The first-order valence-corrected chi connectivity index (χ1v) is 9.99. The van der Waals surface area contributed by atoms with Crippen LogP contribution in [0.15, 0.2) is 47.7 Å². The Morgan fingerprint density at radius 3 is 2.45 bits per heavy atom. The van der Waals surface area contributed by atoms with E-state index in [4.69, 9.17) is 0 Å². The van der Waals surface area contributed by atoms with Crippen molar-refractivity contribution in [2.75, 3.05) is 51.2 Å². The van der Waals surface area contributed by atoms with Crippen LogP contribution in [0.4, 0.5) is 5.95 Å². The molecule has 0 radical (unpaired) electrons. The van der Waals surface area contributed by atoms with E-state index in [-0.39, 0.29) is 24.0 Å². The lowest BCUT2D eigenvalue weighted by molar-refractivity contribution is 0.254. The van der Waals surface area contributed by atoms with Crippen molar-refractivity contribution in [2.24, 2.45) is 4.99 Å². The minimum absolute atomic E-state index is 0. The average Bonchev–Trinajstić information content (AvgIpc) is 2.75. The Morgan fingerprint density at radius 1 is 1.03 bits per heavy atom. The molecule has 0 spiro atoms. The molecular formula is C21H32IN7. The predicted octanol–water partition coefficient (Wildman–Crippen LogP) is 2.28. The molecular weight excluding hydrogens is 477 g/mol. The Labute approximate surface area is 191 Å². The summed E-state index contributed by atoms with van der Waals surface area (Å²) in [6, 6.07) is 10.3. The second-order valence-electron chi connectivity index (χ2n) is 7.01. The van der Waals surface area contributed by atoms with E-state index in [1.165, 1.54) is 11.1 Å². The van der Waals surface area contributed by atoms with E-state index >= 15 is 0 Å². The Hall–Kier alpha value is -1.94. The Morgan fingerprint density at radius 2 is 1.76 bits per heavy atom. The van der Waals surface area contributed by atoms with Gasteiger partial charge in [0, 0.05) is 58.7 Å². The molecule has 0 amide bonds. The van der Waals surface area contributed by atoms with Gasteiger partial charge in [-0.25, -0.2) is 9.97 Å². The second kappa shape index (κ2) is 12.6. The summed E-state index contributed by atoms with van der Waals surface area (Å²) in [6.07, 6.45) is 4.70. The molecule has 1 aliphatic heterocycles. The third kappa shape index (κ3) is 7.43. The Bertz CT molecular complexity index is 746. The van der Waals surface area contributed by atoms with Gasteiger partial charge in [0.25, 0.3) is 0 Å². The minimum atomic E-state index is 0. The largest absolute Gasteiger partial charge is 0.356 e. The number of anilines is 1. The van der Waals surface area contributed by atoms with Crippen molar-refractivity contribution in [2.45, 2.75) is 19.9 Å². The zero-order valence-electron chi connectivity index (χ0n) is 17.3. The number of piperazine rings is 1. The fourth-order valence-electron chi connectivity index (χ4n) is 3.34. The number of hydrogen-bond donors (Lipinski definition) is 2. The molecule has 8 heteroatoms. The molecule has 0 saturated carbocycles. The molecule has 2 aromatic rings. The van der Waals surface area contributed by atoms with E-state index in [1.807, 2.05) is 13.1 Å². The highest BCUT2D eigenvalue weighted by atomic mass is 127. The smallest absolute Gasteiger partial charge is 0.225 e. The van der Waals surface area contributed by atoms with E-state index in [1.54, 1.807) is 12.4 Å². The van der Waals surface area contributed by atoms with Crippen LogP contribution in [0.1, 0.15) is 17.5 Å². The van der Waals surface area contributed by atoms with Crippen LogP contribution < -0.4 is 15.5 Å². The summed E-state index contributed by atoms with van der Waals surface area (Å²) in [6.45, 7) is 9.00. The molecule has 1 aliphatic rings. The van der Waals surface area contributed by atoms with Gasteiger partial charge >= 0.3 is 0 Å². The lowest BCUT2D eigenvalue weighted by atomic mass is 10.1. The molecule has 2 N–H and O–H groups in total. The number of halogens is 1. The van der Waals surface area contributed by atoms with Gasteiger partial charge in [-0.1, -0.05) is 24.3 Å². The monoisotopic (exact) mass is 509 g/mol. The van der Waals surface area contributed by atoms with Gasteiger partial charge in [-0.05, 0) is 37.1 Å². The number of hydrogen-bond acceptors (Lipinski definition) is 5. The van der Waals surface area contributed by atoms with Crippen LogP contribution in [0.3, 0.4) is 0 Å². The second-order valence-corrected chi connectivity index (χ2v) is 7.01. The standard InChI is InChI=1S/C21H31N7.HI/c1-18-7-3-4-8-19(18)17-26-20(22-2)23-11-6-12-27-13-15-28(16-14-27)21-24-9-5-10-25-21;/h3-5,7-10H,6,11-17H2,1-2H3,(H2,22,23,26);1H. The first kappa shape index (κ1) is 23.3. The van der Waals surface area contributed by atoms with Gasteiger partial charge in [-0.2, -0.15) is 0 Å². The quantitative estimate of drug-likeness (QED) is 0.259. The number of nitrogens with zero attached hydrogens (tertiary/aromatic N) is 5. The van der Waals surface area contributed by atoms with Gasteiger partial charge in [0.1, 0.15) is 0 Å². The summed E-state index contributed by atoms with van der Waals surface area (Å²) >= 11 is 0. The minimum Gasteiger partial charge on any atom is -0.356 e. The van der Waals surface area contributed by atoms with E-state index in [9.17, 15) is 0 Å². The number of nitrogens with one attached hydrogen (secondary N) is 2. The molecule has 0 atom stereocenters. The van der Waals surface area contributed by atoms with Crippen molar-refractivity contribution < 1.29 is 0 Å². The van der Waals surface area contributed by atoms with Gasteiger partial charge in [0.2, 0.25) is 5.95 Å². The van der Waals surface area contributed by atoms with Crippen LogP contribution in [0.25, 0.3) is 0 Å². The highest BCUT2D eigenvalue weighted by molar-refractivity contribution is 14.0. The first-order chi connectivity index (χ1) is 13.8. The summed E-state index contributed by atoms with van der Waals surface area (Å²) in [5, 5.41) is 6.81. The lowest BCUT2D eigenvalue weighted by Crippen LogP contribution is -2.47. The fraction of sp³-hybridized carbons (Fsp3) is 0.476. The Kier molecular flexibility index (Phi) is 10.1. The highest BCUT2D eigenvalue weighted by Crippen LogP contribution is 2.09. The molecule has 7 nitrogen and oxygen atoms in total. The number of rotatable bonds is 7. The topological polar surface area (TPSA) is 68.7 Å². The van der Waals surface area contributed by atoms with Crippen LogP contribution >= 0.6 is 24.0 Å². The van der Waals surface area contributed by atoms with Crippen LogP contribution in [0.5, 0.6) is 0 Å². The maximum absolute atomic E-state index is 4.34.